The molecule has 3 rings (SSSR count). The van der Waals surface area contributed by atoms with E-state index in [1.165, 1.54) is 12.8 Å². The molecule has 0 bridgehead atoms. The summed E-state index contributed by atoms with van der Waals surface area (Å²) in [6.07, 6.45) is 4.69. The van der Waals surface area contributed by atoms with Crippen LogP contribution in [-0.2, 0) is 6.54 Å². The summed E-state index contributed by atoms with van der Waals surface area (Å²) < 4.78 is 1.04. The molecule has 23 heavy (non-hydrogen) atoms. The van der Waals surface area contributed by atoms with Crippen LogP contribution in [0.25, 0.3) is 0 Å². The van der Waals surface area contributed by atoms with Gasteiger partial charge in [0.05, 0.1) is 0 Å². The van der Waals surface area contributed by atoms with E-state index in [9.17, 15) is 4.79 Å². The van der Waals surface area contributed by atoms with E-state index in [1.807, 2.05) is 36.2 Å². The molecule has 0 spiro atoms. The van der Waals surface area contributed by atoms with Crippen LogP contribution in [0.2, 0.25) is 0 Å². The Bertz CT molecular complexity index is 709. The largest absolute Gasteiger partial charge is 0.353 e. The average molecular weight is 378 g/mol. The van der Waals surface area contributed by atoms with Crippen molar-refractivity contribution in [2.45, 2.75) is 38.3 Å². The molecule has 122 valence electrons. The molecule has 0 unspecified atom stereocenters. The van der Waals surface area contributed by atoms with Crippen LogP contribution in [0.3, 0.4) is 0 Å². The Labute approximate surface area is 143 Å². The van der Waals surface area contributed by atoms with Gasteiger partial charge in [-0.3, -0.25) is 4.98 Å². The molecule has 1 aliphatic rings. The van der Waals surface area contributed by atoms with Gasteiger partial charge in [-0.25, -0.2) is 4.79 Å². The van der Waals surface area contributed by atoms with Gasteiger partial charge < -0.3 is 10.2 Å². The molecule has 1 heterocycles. The zero-order valence-electron chi connectivity index (χ0n) is 13.1. The van der Waals surface area contributed by atoms with Gasteiger partial charge in [0, 0.05) is 24.1 Å². The molecule has 6 nitrogen and oxygen atoms in total. The van der Waals surface area contributed by atoms with Gasteiger partial charge in [-0.1, -0.05) is 40.9 Å². The predicted molar refractivity (Wildman–Crippen MR) is 94.8 cm³/mol. The lowest BCUT2D eigenvalue weighted by Crippen LogP contribution is -2.27. The fourth-order valence-electron chi connectivity index (χ4n) is 2.81. The molecule has 0 amide bonds. The number of nitrogens with zero attached hydrogens (tertiary/aromatic N) is 3. The lowest BCUT2D eigenvalue weighted by atomic mass is 10.2. The molecule has 1 aromatic heterocycles. The first-order valence-corrected chi connectivity index (χ1v) is 8.60. The van der Waals surface area contributed by atoms with Crippen molar-refractivity contribution in [3.63, 3.8) is 0 Å². The van der Waals surface area contributed by atoms with E-state index in [4.69, 9.17) is 0 Å². The van der Waals surface area contributed by atoms with Gasteiger partial charge in [-0.15, -0.1) is 0 Å². The summed E-state index contributed by atoms with van der Waals surface area (Å²) in [6.45, 7) is 0.638. The number of benzene rings is 1. The van der Waals surface area contributed by atoms with Crippen molar-refractivity contribution in [1.82, 2.24) is 15.0 Å². The number of hydrogen-bond acceptors (Lipinski definition) is 5. The summed E-state index contributed by atoms with van der Waals surface area (Å²) in [5.74, 6) is 0.937. The maximum atomic E-state index is 11.8. The Kier molecular flexibility index (Phi) is 4.95. The highest BCUT2D eigenvalue weighted by atomic mass is 79.9. The van der Waals surface area contributed by atoms with E-state index in [2.05, 4.69) is 36.2 Å². The van der Waals surface area contributed by atoms with Crippen molar-refractivity contribution in [2.24, 2.45) is 0 Å². The van der Waals surface area contributed by atoms with Gasteiger partial charge in [-0.05, 0) is 30.5 Å². The first kappa shape index (κ1) is 16.0. The van der Waals surface area contributed by atoms with Crippen molar-refractivity contribution in [1.29, 1.82) is 0 Å². The second-order valence-corrected chi connectivity index (χ2v) is 6.83. The molecule has 2 aromatic rings. The fourth-order valence-corrected chi connectivity index (χ4v) is 3.07. The number of aromatic nitrogens is 3. The maximum Gasteiger partial charge on any atom is 0.350 e. The minimum atomic E-state index is -0.377. The topological polar surface area (TPSA) is 73.9 Å². The van der Waals surface area contributed by atoms with Crippen LogP contribution in [0.5, 0.6) is 0 Å². The van der Waals surface area contributed by atoms with Crippen LogP contribution in [0.15, 0.2) is 33.5 Å². The van der Waals surface area contributed by atoms with Crippen molar-refractivity contribution in [3.8, 4) is 0 Å². The molecule has 2 N–H and O–H groups in total. The SMILES string of the molecule is CN(Cc1ccc(Br)cc1)c1nc(NC2CCCC2)[nH]c(=O)n1. The number of hydrogen-bond donors (Lipinski definition) is 2. The monoisotopic (exact) mass is 377 g/mol. The maximum absolute atomic E-state index is 11.8. The van der Waals surface area contributed by atoms with Crippen LogP contribution >= 0.6 is 15.9 Å². The molecule has 1 saturated carbocycles. The lowest BCUT2D eigenvalue weighted by Gasteiger charge is -2.18. The van der Waals surface area contributed by atoms with Crippen molar-refractivity contribution in [3.05, 3.63) is 44.8 Å². The third-order valence-electron chi connectivity index (χ3n) is 4.01. The number of nitrogens with one attached hydrogen (secondary N) is 2. The highest BCUT2D eigenvalue weighted by Gasteiger charge is 2.16. The Hall–Kier alpha value is -1.89. The summed E-state index contributed by atoms with van der Waals surface area (Å²) in [5, 5.41) is 3.31. The van der Waals surface area contributed by atoms with Gasteiger partial charge in [0.2, 0.25) is 11.9 Å². The number of anilines is 2. The van der Waals surface area contributed by atoms with Gasteiger partial charge in [-0.2, -0.15) is 9.97 Å². The molecule has 0 atom stereocenters. The summed E-state index contributed by atoms with van der Waals surface area (Å²) >= 11 is 3.43. The Morgan fingerprint density at radius 1 is 1.26 bits per heavy atom. The standard InChI is InChI=1S/C16H20BrN5O/c1-22(10-11-6-8-12(17)9-7-11)15-19-14(20-16(23)21-15)18-13-4-2-3-5-13/h6-9,13H,2-5,10H2,1H3,(H2,18,19,20,21,23). The van der Waals surface area contributed by atoms with Gasteiger partial charge >= 0.3 is 5.69 Å². The van der Waals surface area contributed by atoms with Crippen LogP contribution < -0.4 is 15.9 Å². The summed E-state index contributed by atoms with van der Waals surface area (Å²) in [6, 6.07) is 8.45. The molecule has 1 aliphatic carbocycles. The number of halogens is 1. The minimum Gasteiger partial charge on any atom is -0.353 e. The van der Waals surface area contributed by atoms with E-state index < -0.39 is 0 Å². The number of rotatable bonds is 5. The van der Waals surface area contributed by atoms with Gasteiger partial charge in [0.15, 0.2) is 0 Å². The van der Waals surface area contributed by atoms with E-state index >= 15 is 0 Å². The first-order chi connectivity index (χ1) is 11.1. The van der Waals surface area contributed by atoms with Crippen LogP contribution in [-0.4, -0.2) is 28.0 Å². The van der Waals surface area contributed by atoms with Crippen molar-refractivity contribution >= 4 is 27.8 Å². The van der Waals surface area contributed by atoms with Crippen LogP contribution in [0.4, 0.5) is 11.9 Å². The van der Waals surface area contributed by atoms with Crippen molar-refractivity contribution < 1.29 is 0 Å². The molecule has 1 fully saturated rings. The lowest BCUT2D eigenvalue weighted by molar-refractivity contribution is 0.736. The fraction of sp³-hybridized carbons (Fsp3) is 0.438. The van der Waals surface area contributed by atoms with E-state index in [0.717, 1.165) is 22.9 Å². The van der Waals surface area contributed by atoms with Crippen molar-refractivity contribution in [2.75, 3.05) is 17.3 Å². The third kappa shape index (κ3) is 4.31. The third-order valence-corrected chi connectivity index (χ3v) is 4.54. The molecule has 0 saturated heterocycles. The zero-order valence-corrected chi connectivity index (χ0v) is 14.6. The van der Waals surface area contributed by atoms with E-state index in [0.29, 0.717) is 24.5 Å². The highest BCUT2D eigenvalue weighted by molar-refractivity contribution is 9.10. The number of aromatic amines is 1. The molecular weight excluding hydrogens is 358 g/mol. The molecule has 7 heteroatoms. The molecule has 1 aromatic carbocycles. The summed E-state index contributed by atoms with van der Waals surface area (Å²) in [7, 11) is 1.89. The number of H-pyrrole nitrogens is 1. The van der Waals surface area contributed by atoms with E-state index in [1.54, 1.807) is 0 Å². The normalized spacial score (nSPS) is 14.9. The minimum absolute atomic E-state index is 0.377. The van der Waals surface area contributed by atoms with Gasteiger partial charge in [0.1, 0.15) is 0 Å². The Morgan fingerprint density at radius 3 is 2.65 bits per heavy atom. The average Bonchev–Trinajstić information content (AvgIpc) is 3.02. The second-order valence-electron chi connectivity index (χ2n) is 5.91. The Balaban J connectivity index is 1.74. The second kappa shape index (κ2) is 7.12. The zero-order chi connectivity index (χ0) is 16.2. The molecule has 0 radical (unpaired) electrons. The first-order valence-electron chi connectivity index (χ1n) is 7.80. The quantitative estimate of drug-likeness (QED) is 0.837. The predicted octanol–water partition coefficient (Wildman–Crippen LogP) is 2.92. The van der Waals surface area contributed by atoms with Gasteiger partial charge in [0.25, 0.3) is 0 Å². The molecule has 0 aliphatic heterocycles. The van der Waals surface area contributed by atoms with Crippen LogP contribution in [0, 0.1) is 0 Å². The summed E-state index contributed by atoms with van der Waals surface area (Å²) in [4.78, 5) is 24.8. The van der Waals surface area contributed by atoms with E-state index in [-0.39, 0.29) is 5.69 Å². The highest BCUT2D eigenvalue weighted by Crippen LogP contribution is 2.21. The summed E-state index contributed by atoms with van der Waals surface area (Å²) in [5.41, 5.74) is 0.753. The molecular formula is C16H20BrN5O. The van der Waals surface area contributed by atoms with Crippen LogP contribution in [0.1, 0.15) is 31.2 Å². The smallest absolute Gasteiger partial charge is 0.350 e. The Morgan fingerprint density at radius 2 is 1.96 bits per heavy atom.